The normalized spacial score (nSPS) is 11.3. The van der Waals surface area contributed by atoms with Gasteiger partial charge >= 0.3 is 0 Å². The van der Waals surface area contributed by atoms with Crippen molar-refractivity contribution in [3.8, 4) is 0 Å². The smallest absolute Gasteiger partial charge is 0.240 e. The third-order valence-corrected chi connectivity index (χ3v) is 2.59. The second kappa shape index (κ2) is 8.20. The lowest BCUT2D eigenvalue weighted by molar-refractivity contribution is 0.172. The Balaban J connectivity index is 2.46. The molecule has 98 valence electrons. The summed E-state index contributed by atoms with van der Waals surface area (Å²) in [5.41, 5.74) is 0. The zero-order valence-corrected chi connectivity index (χ0v) is 10.9. The van der Waals surface area contributed by atoms with Crippen LogP contribution in [0.5, 0.6) is 0 Å². The quantitative estimate of drug-likeness (QED) is 0.711. The summed E-state index contributed by atoms with van der Waals surface area (Å²) in [6.07, 6.45) is 4.15. The Morgan fingerprint density at radius 2 is 2.06 bits per heavy atom. The molecule has 0 unspecified atom stereocenters. The zero-order chi connectivity index (χ0) is 12.5. The van der Waals surface area contributed by atoms with Crippen LogP contribution in [0.2, 0.25) is 0 Å². The monoisotopic (exact) mass is 241 g/mol. The van der Waals surface area contributed by atoms with E-state index in [1.165, 1.54) is 0 Å². The highest BCUT2D eigenvalue weighted by Gasteiger charge is 2.10. The van der Waals surface area contributed by atoms with Gasteiger partial charge in [-0.15, -0.1) is 0 Å². The van der Waals surface area contributed by atoms with E-state index in [0.717, 1.165) is 38.1 Å². The Morgan fingerprint density at radius 1 is 1.24 bits per heavy atom. The van der Waals surface area contributed by atoms with Crippen LogP contribution in [0.25, 0.3) is 0 Å². The van der Waals surface area contributed by atoms with E-state index in [2.05, 4.69) is 28.9 Å². The van der Waals surface area contributed by atoms with Gasteiger partial charge in [0.05, 0.1) is 13.2 Å². The van der Waals surface area contributed by atoms with Crippen molar-refractivity contribution in [2.24, 2.45) is 0 Å². The highest BCUT2D eigenvalue weighted by atomic mass is 16.5. The van der Waals surface area contributed by atoms with Gasteiger partial charge in [-0.2, -0.15) is 4.98 Å². The zero-order valence-electron chi connectivity index (χ0n) is 10.9. The Hall–Kier alpha value is -0.940. The molecule has 0 saturated carbocycles. The molecule has 5 nitrogen and oxygen atoms in total. The van der Waals surface area contributed by atoms with Crippen LogP contribution in [0.4, 0.5) is 0 Å². The molecule has 1 aromatic heterocycles. The Bertz CT molecular complexity index is 302. The summed E-state index contributed by atoms with van der Waals surface area (Å²) >= 11 is 0. The number of nitrogens with zero attached hydrogens (tertiary/aromatic N) is 3. The largest absolute Gasteiger partial charge is 0.395 e. The van der Waals surface area contributed by atoms with E-state index in [0.29, 0.717) is 19.0 Å². The number of aryl methyl sites for hydroxylation is 1. The summed E-state index contributed by atoms with van der Waals surface area (Å²) in [6, 6.07) is 0. The molecule has 0 saturated heterocycles. The summed E-state index contributed by atoms with van der Waals surface area (Å²) in [4.78, 5) is 6.47. The highest BCUT2D eigenvalue weighted by molar-refractivity contribution is 4.86. The first kappa shape index (κ1) is 14.1. The van der Waals surface area contributed by atoms with E-state index in [1.807, 2.05) is 0 Å². The van der Waals surface area contributed by atoms with Gasteiger partial charge in [-0.3, -0.25) is 4.90 Å². The molecular weight excluding hydrogens is 218 g/mol. The Labute approximate surface area is 103 Å². The van der Waals surface area contributed by atoms with Crippen LogP contribution in [0.15, 0.2) is 4.52 Å². The van der Waals surface area contributed by atoms with Crippen molar-refractivity contribution in [1.82, 2.24) is 15.0 Å². The van der Waals surface area contributed by atoms with Crippen molar-refractivity contribution in [3.63, 3.8) is 0 Å². The molecule has 0 aliphatic carbocycles. The number of unbranched alkanes of at least 4 members (excludes halogenated alkanes) is 1. The van der Waals surface area contributed by atoms with Crippen molar-refractivity contribution in [2.45, 2.75) is 46.1 Å². The van der Waals surface area contributed by atoms with Crippen LogP contribution in [0.3, 0.4) is 0 Å². The predicted molar refractivity (Wildman–Crippen MR) is 65.6 cm³/mol. The lowest BCUT2D eigenvalue weighted by Gasteiger charge is -2.18. The average molecular weight is 241 g/mol. The second-order valence-electron chi connectivity index (χ2n) is 4.21. The Kier molecular flexibility index (Phi) is 6.81. The first-order valence-corrected chi connectivity index (χ1v) is 6.44. The fourth-order valence-corrected chi connectivity index (χ4v) is 1.66. The first-order valence-electron chi connectivity index (χ1n) is 6.44. The van der Waals surface area contributed by atoms with Crippen molar-refractivity contribution < 1.29 is 9.63 Å². The van der Waals surface area contributed by atoms with Crippen molar-refractivity contribution in [3.05, 3.63) is 11.7 Å². The van der Waals surface area contributed by atoms with Crippen molar-refractivity contribution in [1.29, 1.82) is 0 Å². The fourth-order valence-electron chi connectivity index (χ4n) is 1.66. The van der Waals surface area contributed by atoms with Gasteiger partial charge in [-0.1, -0.05) is 25.4 Å². The average Bonchev–Trinajstić information content (AvgIpc) is 2.74. The maximum Gasteiger partial charge on any atom is 0.240 e. The van der Waals surface area contributed by atoms with Gasteiger partial charge in [0.25, 0.3) is 0 Å². The molecule has 0 spiro atoms. The fraction of sp³-hybridized carbons (Fsp3) is 0.833. The molecule has 1 rings (SSSR count). The molecule has 5 heteroatoms. The van der Waals surface area contributed by atoms with Gasteiger partial charge in [0.1, 0.15) is 0 Å². The third-order valence-electron chi connectivity index (χ3n) is 2.59. The van der Waals surface area contributed by atoms with E-state index in [-0.39, 0.29) is 6.61 Å². The number of aliphatic hydroxyl groups excluding tert-OH is 1. The van der Waals surface area contributed by atoms with E-state index < -0.39 is 0 Å². The van der Waals surface area contributed by atoms with Gasteiger partial charge in [0.2, 0.25) is 5.89 Å². The van der Waals surface area contributed by atoms with Crippen molar-refractivity contribution in [2.75, 3.05) is 19.7 Å². The number of aliphatic hydroxyl groups is 1. The van der Waals surface area contributed by atoms with E-state index in [1.54, 1.807) is 0 Å². The summed E-state index contributed by atoms with van der Waals surface area (Å²) < 4.78 is 5.19. The molecule has 1 N–H and O–H groups in total. The molecule has 0 aliphatic rings. The molecule has 1 heterocycles. The second-order valence-corrected chi connectivity index (χ2v) is 4.21. The lowest BCUT2D eigenvalue weighted by atomic mass is 10.3. The van der Waals surface area contributed by atoms with E-state index in [4.69, 9.17) is 9.63 Å². The molecule has 0 atom stereocenters. The van der Waals surface area contributed by atoms with E-state index in [9.17, 15) is 0 Å². The van der Waals surface area contributed by atoms with Gasteiger partial charge in [0, 0.05) is 13.0 Å². The van der Waals surface area contributed by atoms with Crippen LogP contribution in [0.1, 0.15) is 44.8 Å². The number of rotatable bonds is 9. The van der Waals surface area contributed by atoms with Crippen LogP contribution in [-0.4, -0.2) is 39.8 Å². The maximum atomic E-state index is 9.00. The van der Waals surface area contributed by atoms with Crippen molar-refractivity contribution >= 4 is 0 Å². The number of aromatic nitrogens is 2. The summed E-state index contributed by atoms with van der Waals surface area (Å²) in [7, 11) is 0. The lowest BCUT2D eigenvalue weighted by Crippen LogP contribution is -2.27. The summed E-state index contributed by atoms with van der Waals surface area (Å²) in [5, 5.41) is 12.9. The molecule has 0 aliphatic heterocycles. The van der Waals surface area contributed by atoms with Crippen LogP contribution in [0, 0.1) is 0 Å². The molecule has 0 radical (unpaired) electrons. The van der Waals surface area contributed by atoms with E-state index >= 15 is 0 Å². The maximum absolute atomic E-state index is 9.00. The molecule has 0 fully saturated rings. The van der Waals surface area contributed by atoms with Gasteiger partial charge in [0.15, 0.2) is 5.82 Å². The van der Waals surface area contributed by atoms with Gasteiger partial charge in [-0.05, 0) is 19.4 Å². The highest BCUT2D eigenvalue weighted by Crippen LogP contribution is 2.05. The standard InChI is InChI=1S/C12H23N3O2/c1-3-5-7-15(8-9-16)10-12-13-11(6-4-2)14-17-12/h16H,3-10H2,1-2H3. The molecule has 0 amide bonds. The summed E-state index contributed by atoms with van der Waals surface area (Å²) in [5.74, 6) is 1.43. The molecular formula is C12H23N3O2. The topological polar surface area (TPSA) is 62.4 Å². The van der Waals surface area contributed by atoms with Gasteiger partial charge < -0.3 is 9.63 Å². The third kappa shape index (κ3) is 5.28. The van der Waals surface area contributed by atoms with Crippen LogP contribution < -0.4 is 0 Å². The summed E-state index contributed by atoms with van der Waals surface area (Å²) in [6.45, 7) is 6.67. The SMILES string of the molecule is CCCCN(CCO)Cc1nc(CCC)no1. The minimum atomic E-state index is 0.166. The molecule has 1 aromatic rings. The van der Waals surface area contributed by atoms with Gasteiger partial charge in [-0.25, -0.2) is 0 Å². The van der Waals surface area contributed by atoms with Crippen LogP contribution >= 0.6 is 0 Å². The number of hydrogen-bond donors (Lipinski definition) is 1. The predicted octanol–water partition coefficient (Wildman–Crippen LogP) is 1.62. The Morgan fingerprint density at radius 3 is 2.71 bits per heavy atom. The molecule has 0 bridgehead atoms. The molecule has 17 heavy (non-hydrogen) atoms. The minimum absolute atomic E-state index is 0.166. The minimum Gasteiger partial charge on any atom is -0.395 e. The number of hydrogen-bond acceptors (Lipinski definition) is 5. The first-order chi connectivity index (χ1) is 8.30. The van der Waals surface area contributed by atoms with Crippen LogP contribution in [-0.2, 0) is 13.0 Å². The molecule has 0 aromatic carbocycles.